The summed E-state index contributed by atoms with van der Waals surface area (Å²) in [7, 11) is 0. The van der Waals surface area contributed by atoms with Crippen molar-refractivity contribution in [2.24, 2.45) is 0 Å². The van der Waals surface area contributed by atoms with Gasteiger partial charge in [0.2, 0.25) is 0 Å². The Morgan fingerprint density at radius 1 is 0.741 bits per heavy atom. The molecule has 27 heavy (non-hydrogen) atoms. The van der Waals surface area contributed by atoms with Gasteiger partial charge < -0.3 is 10.1 Å². The maximum Gasteiger partial charge on any atom is 0.343 e. The number of hydrogen-bond acceptors (Lipinski definition) is 4. The zero-order valence-electron chi connectivity index (χ0n) is 14.2. The van der Waals surface area contributed by atoms with E-state index < -0.39 is 5.97 Å². The molecule has 0 aliphatic heterocycles. The smallest absolute Gasteiger partial charge is 0.343 e. The van der Waals surface area contributed by atoms with E-state index in [1.807, 2.05) is 12.1 Å². The van der Waals surface area contributed by atoms with Gasteiger partial charge in [0.25, 0.3) is 5.91 Å². The van der Waals surface area contributed by atoms with Gasteiger partial charge in [0.1, 0.15) is 5.75 Å². The zero-order valence-corrected chi connectivity index (χ0v) is 15.0. The summed E-state index contributed by atoms with van der Waals surface area (Å²) in [6, 6.07) is 24.2. The monoisotopic (exact) mass is 376 g/mol. The lowest BCUT2D eigenvalue weighted by molar-refractivity contribution is 0.0734. The van der Waals surface area contributed by atoms with Crippen molar-refractivity contribution >= 4 is 34.9 Å². The second-order valence-corrected chi connectivity index (χ2v) is 5.96. The number of thiocarbonyl (C=S) groups is 1. The van der Waals surface area contributed by atoms with Crippen LogP contribution >= 0.6 is 12.2 Å². The van der Waals surface area contributed by atoms with Gasteiger partial charge in [-0.1, -0.05) is 36.4 Å². The van der Waals surface area contributed by atoms with E-state index in [4.69, 9.17) is 17.0 Å². The molecule has 0 aliphatic rings. The largest absolute Gasteiger partial charge is 0.423 e. The molecule has 0 unspecified atom stereocenters. The van der Waals surface area contributed by atoms with Crippen LogP contribution in [0.1, 0.15) is 20.7 Å². The lowest BCUT2D eigenvalue weighted by atomic mass is 10.2. The third-order valence-corrected chi connectivity index (χ3v) is 3.80. The van der Waals surface area contributed by atoms with Crippen molar-refractivity contribution in [3.63, 3.8) is 0 Å². The van der Waals surface area contributed by atoms with Gasteiger partial charge in [0.05, 0.1) is 5.56 Å². The molecule has 134 valence electrons. The Morgan fingerprint density at radius 2 is 1.30 bits per heavy atom. The number of hydrogen-bond donors (Lipinski definition) is 2. The standard InChI is InChI=1S/C21H16N2O3S/c24-19(15-7-3-1-4-8-15)23-21(27)22-17-11-13-18(14-12-17)26-20(25)16-9-5-2-6-10-16/h1-14H,(H2,22,23,24,27). The number of rotatable bonds is 4. The Labute approximate surface area is 162 Å². The molecule has 0 bridgehead atoms. The number of benzene rings is 3. The Balaban J connectivity index is 1.55. The highest BCUT2D eigenvalue weighted by Crippen LogP contribution is 2.17. The molecule has 0 saturated carbocycles. The summed E-state index contributed by atoms with van der Waals surface area (Å²) in [6.07, 6.45) is 0. The van der Waals surface area contributed by atoms with E-state index in [-0.39, 0.29) is 11.0 Å². The first kappa shape index (κ1) is 18.3. The van der Waals surface area contributed by atoms with Crippen LogP contribution in [0.25, 0.3) is 0 Å². The molecular formula is C21H16N2O3S. The SMILES string of the molecule is O=C(NC(=S)Nc1ccc(OC(=O)c2ccccc2)cc1)c1ccccc1. The highest BCUT2D eigenvalue weighted by Gasteiger charge is 2.09. The molecule has 0 saturated heterocycles. The van der Waals surface area contributed by atoms with E-state index in [2.05, 4.69) is 10.6 Å². The molecule has 0 aromatic heterocycles. The average molecular weight is 376 g/mol. The molecule has 0 radical (unpaired) electrons. The number of nitrogens with one attached hydrogen (secondary N) is 2. The first-order valence-electron chi connectivity index (χ1n) is 8.16. The normalized spacial score (nSPS) is 9.93. The van der Waals surface area contributed by atoms with E-state index in [1.165, 1.54) is 0 Å². The van der Waals surface area contributed by atoms with Gasteiger partial charge in [0.15, 0.2) is 5.11 Å². The first-order valence-corrected chi connectivity index (χ1v) is 8.57. The van der Waals surface area contributed by atoms with Crippen molar-refractivity contribution in [2.45, 2.75) is 0 Å². The zero-order chi connectivity index (χ0) is 19.1. The topological polar surface area (TPSA) is 67.4 Å². The van der Waals surface area contributed by atoms with Crippen LogP contribution in [-0.2, 0) is 0 Å². The first-order chi connectivity index (χ1) is 13.1. The molecule has 0 fully saturated rings. The average Bonchev–Trinajstić information content (AvgIpc) is 2.70. The molecule has 3 aromatic carbocycles. The van der Waals surface area contributed by atoms with E-state index in [0.717, 1.165) is 0 Å². The van der Waals surface area contributed by atoms with Crippen molar-refractivity contribution in [1.29, 1.82) is 0 Å². The lowest BCUT2D eigenvalue weighted by Gasteiger charge is -2.10. The number of carbonyl (C=O) groups excluding carboxylic acids is 2. The lowest BCUT2D eigenvalue weighted by Crippen LogP contribution is -2.34. The predicted octanol–water partition coefficient (Wildman–Crippen LogP) is 4.03. The van der Waals surface area contributed by atoms with Crippen molar-refractivity contribution < 1.29 is 14.3 Å². The van der Waals surface area contributed by atoms with Crippen molar-refractivity contribution in [3.05, 3.63) is 96.1 Å². The predicted molar refractivity (Wildman–Crippen MR) is 108 cm³/mol. The number of esters is 1. The molecule has 3 rings (SSSR count). The Hall–Kier alpha value is -3.51. The summed E-state index contributed by atoms with van der Waals surface area (Å²) in [4.78, 5) is 24.1. The van der Waals surface area contributed by atoms with Crippen molar-refractivity contribution in [3.8, 4) is 5.75 Å². The van der Waals surface area contributed by atoms with Crippen LogP contribution in [-0.4, -0.2) is 17.0 Å². The van der Waals surface area contributed by atoms with Crippen molar-refractivity contribution in [1.82, 2.24) is 5.32 Å². The molecule has 6 heteroatoms. The van der Waals surface area contributed by atoms with Gasteiger partial charge in [-0.15, -0.1) is 0 Å². The molecule has 0 heterocycles. The van der Waals surface area contributed by atoms with Crippen LogP contribution < -0.4 is 15.4 Å². The van der Waals surface area contributed by atoms with E-state index in [0.29, 0.717) is 22.6 Å². The molecule has 5 nitrogen and oxygen atoms in total. The molecule has 1 amide bonds. The maximum atomic E-state index is 12.1. The molecule has 3 aromatic rings. The molecule has 0 aliphatic carbocycles. The molecular weight excluding hydrogens is 360 g/mol. The second kappa shape index (κ2) is 8.73. The summed E-state index contributed by atoms with van der Waals surface area (Å²) in [5.74, 6) is -0.308. The van der Waals surface area contributed by atoms with Crippen molar-refractivity contribution in [2.75, 3.05) is 5.32 Å². The number of ether oxygens (including phenoxy) is 1. The van der Waals surface area contributed by atoms with Gasteiger partial charge in [-0.3, -0.25) is 10.1 Å². The fraction of sp³-hybridized carbons (Fsp3) is 0. The maximum absolute atomic E-state index is 12.1. The number of anilines is 1. The minimum atomic E-state index is -0.429. The fourth-order valence-corrected chi connectivity index (χ4v) is 2.48. The summed E-state index contributed by atoms with van der Waals surface area (Å²) < 4.78 is 5.31. The minimum Gasteiger partial charge on any atom is -0.423 e. The molecule has 0 atom stereocenters. The van der Waals surface area contributed by atoms with E-state index in [9.17, 15) is 9.59 Å². The van der Waals surface area contributed by atoms with Crippen LogP contribution in [0.3, 0.4) is 0 Å². The van der Waals surface area contributed by atoms with E-state index in [1.54, 1.807) is 72.8 Å². The van der Waals surface area contributed by atoms with Crippen LogP contribution in [0.5, 0.6) is 5.75 Å². The fourth-order valence-electron chi connectivity index (χ4n) is 2.27. The third kappa shape index (κ3) is 5.23. The van der Waals surface area contributed by atoms with Crippen LogP contribution in [0.15, 0.2) is 84.9 Å². The summed E-state index contributed by atoms with van der Waals surface area (Å²) in [6.45, 7) is 0. The highest BCUT2D eigenvalue weighted by atomic mass is 32.1. The van der Waals surface area contributed by atoms with E-state index >= 15 is 0 Å². The molecule has 2 N–H and O–H groups in total. The second-order valence-electron chi connectivity index (χ2n) is 5.55. The van der Waals surface area contributed by atoms with Crippen LogP contribution in [0.2, 0.25) is 0 Å². The van der Waals surface area contributed by atoms with Gasteiger partial charge in [-0.25, -0.2) is 4.79 Å². The Morgan fingerprint density at radius 3 is 1.89 bits per heavy atom. The van der Waals surface area contributed by atoms with Gasteiger partial charge >= 0.3 is 5.97 Å². The number of carbonyl (C=O) groups is 2. The summed E-state index contributed by atoms with van der Waals surface area (Å²) in [5.41, 5.74) is 1.65. The highest BCUT2D eigenvalue weighted by molar-refractivity contribution is 7.80. The quantitative estimate of drug-likeness (QED) is 0.409. The summed E-state index contributed by atoms with van der Waals surface area (Å²) in [5, 5.41) is 5.70. The van der Waals surface area contributed by atoms with Gasteiger partial charge in [-0.05, 0) is 60.7 Å². The molecule has 0 spiro atoms. The Bertz CT molecular complexity index is 942. The third-order valence-electron chi connectivity index (χ3n) is 3.60. The van der Waals surface area contributed by atoms with Gasteiger partial charge in [-0.2, -0.15) is 0 Å². The van der Waals surface area contributed by atoms with Crippen LogP contribution in [0, 0.1) is 0 Å². The minimum absolute atomic E-state index is 0.179. The number of amides is 1. The summed E-state index contributed by atoms with van der Waals surface area (Å²) >= 11 is 5.15. The Kier molecular flexibility index (Phi) is 5.91. The van der Waals surface area contributed by atoms with Crippen LogP contribution in [0.4, 0.5) is 5.69 Å². The van der Waals surface area contributed by atoms with Gasteiger partial charge in [0, 0.05) is 11.3 Å².